The van der Waals surface area contributed by atoms with Crippen LogP contribution in [-0.4, -0.2) is 95.9 Å². The van der Waals surface area contributed by atoms with Gasteiger partial charge in [-0.3, -0.25) is 4.79 Å². The van der Waals surface area contributed by atoms with Gasteiger partial charge in [0.15, 0.2) is 5.65 Å². The number of aromatic nitrogens is 3. The number of hydrogen-bond donors (Lipinski definition) is 2. The van der Waals surface area contributed by atoms with Crippen molar-refractivity contribution in [1.29, 1.82) is 0 Å². The number of hydrogen-bond acceptors (Lipinski definition) is 8. The first-order chi connectivity index (χ1) is 21.0. The summed E-state index contributed by atoms with van der Waals surface area (Å²) in [7, 11) is 1.54. The maximum atomic E-state index is 13.1. The van der Waals surface area contributed by atoms with Crippen molar-refractivity contribution in [3.05, 3.63) is 77.7 Å². The lowest BCUT2D eigenvalue weighted by molar-refractivity contribution is 0.0301. The third-order valence-corrected chi connectivity index (χ3v) is 7.59. The zero-order chi connectivity index (χ0) is 29.8. The number of amides is 3. The van der Waals surface area contributed by atoms with E-state index in [1.165, 1.54) is 12.1 Å². The van der Waals surface area contributed by atoms with Crippen LogP contribution in [0.15, 0.2) is 60.8 Å². The number of carbonyl (C=O) groups is 2. The number of urea groups is 1. The molecule has 2 fully saturated rings. The zero-order valence-corrected chi connectivity index (χ0v) is 23.8. The largest absolute Gasteiger partial charge is 0.496 e. The molecule has 2 saturated heterocycles. The Morgan fingerprint density at radius 2 is 1.72 bits per heavy atom. The first kappa shape index (κ1) is 28.2. The third-order valence-electron chi connectivity index (χ3n) is 7.59. The Labute approximate surface area is 248 Å². The number of carbonyl (C=O) groups excluding carboxylic acids is 2. The van der Waals surface area contributed by atoms with Gasteiger partial charge in [-0.05, 0) is 42.0 Å². The molecule has 12 nitrogen and oxygen atoms in total. The zero-order valence-electron chi connectivity index (χ0n) is 23.8. The highest BCUT2D eigenvalue weighted by Crippen LogP contribution is 2.27. The van der Waals surface area contributed by atoms with Crippen LogP contribution in [0.5, 0.6) is 5.75 Å². The van der Waals surface area contributed by atoms with Crippen LogP contribution < -0.4 is 20.3 Å². The number of benzene rings is 2. The molecule has 0 spiro atoms. The minimum absolute atomic E-state index is 0.0865. The number of nitrogens with zero attached hydrogens (tertiary/aromatic N) is 6. The van der Waals surface area contributed by atoms with Crippen LogP contribution in [0.25, 0.3) is 5.65 Å². The molecular weight excluding hydrogens is 555 g/mol. The van der Waals surface area contributed by atoms with Crippen LogP contribution in [0.4, 0.5) is 26.5 Å². The molecule has 3 amide bonds. The van der Waals surface area contributed by atoms with Gasteiger partial charge in [0.25, 0.3) is 5.91 Å². The van der Waals surface area contributed by atoms with Gasteiger partial charge in [-0.1, -0.05) is 12.1 Å². The van der Waals surface area contributed by atoms with E-state index in [0.717, 1.165) is 11.3 Å². The van der Waals surface area contributed by atoms with E-state index < -0.39 is 0 Å². The lowest BCUT2D eigenvalue weighted by Crippen LogP contribution is -2.51. The minimum Gasteiger partial charge on any atom is -0.496 e. The Bertz CT molecular complexity index is 1600. The second-order valence-corrected chi connectivity index (χ2v) is 10.3. The van der Waals surface area contributed by atoms with E-state index in [1.54, 1.807) is 45.7 Å². The fourth-order valence-corrected chi connectivity index (χ4v) is 5.18. The first-order valence-corrected chi connectivity index (χ1v) is 14.2. The number of halogens is 1. The first-order valence-electron chi connectivity index (χ1n) is 14.2. The molecule has 0 aliphatic carbocycles. The maximum Gasteiger partial charge on any atom is 0.317 e. The van der Waals surface area contributed by atoms with Crippen LogP contribution >= 0.6 is 0 Å². The highest BCUT2D eigenvalue weighted by molar-refractivity contribution is 5.97. The van der Waals surface area contributed by atoms with Crippen LogP contribution in [-0.2, 0) is 11.3 Å². The molecule has 2 aliphatic heterocycles. The molecule has 2 aromatic carbocycles. The summed E-state index contributed by atoms with van der Waals surface area (Å²) in [6, 6.07) is 15.2. The van der Waals surface area contributed by atoms with E-state index in [1.807, 2.05) is 24.4 Å². The van der Waals surface area contributed by atoms with Gasteiger partial charge in [0, 0.05) is 57.6 Å². The average molecular weight is 589 g/mol. The third kappa shape index (κ3) is 6.46. The second-order valence-electron chi connectivity index (χ2n) is 10.3. The fourth-order valence-electron chi connectivity index (χ4n) is 5.18. The molecule has 13 heteroatoms. The summed E-state index contributed by atoms with van der Waals surface area (Å²) in [5.74, 6) is 0.494. The molecule has 2 N–H and O–H groups in total. The molecule has 0 radical (unpaired) electrons. The maximum absolute atomic E-state index is 13.1. The second kappa shape index (κ2) is 12.5. The lowest BCUT2D eigenvalue weighted by Gasteiger charge is -2.36. The topological polar surface area (TPSA) is 117 Å². The van der Waals surface area contributed by atoms with E-state index in [2.05, 4.69) is 25.6 Å². The highest BCUT2D eigenvalue weighted by Gasteiger charge is 2.23. The van der Waals surface area contributed by atoms with Gasteiger partial charge < -0.3 is 34.8 Å². The van der Waals surface area contributed by atoms with Crippen molar-refractivity contribution in [2.24, 2.45) is 0 Å². The van der Waals surface area contributed by atoms with Gasteiger partial charge in [-0.15, -0.1) is 5.10 Å². The van der Waals surface area contributed by atoms with Crippen molar-refractivity contribution in [2.75, 3.05) is 69.8 Å². The number of fused-ring (bicyclic) bond motifs is 1. The number of methoxy groups -OCH3 is 1. The summed E-state index contributed by atoms with van der Waals surface area (Å²) >= 11 is 0. The number of morpholine rings is 1. The summed E-state index contributed by atoms with van der Waals surface area (Å²) in [5.41, 5.74) is 3.69. The van der Waals surface area contributed by atoms with Crippen molar-refractivity contribution in [2.45, 2.75) is 6.54 Å². The Morgan fingerprint density at radius 3 is 2.47 bits per heavy atom. The fraction of sp³-hybridized carbons (Fsp3) is 0.333. The quantitative estimate of drug-likeness (QED) is 0.338. The van der Waals surface area contributed by atoms with E-state index >= 15 is 0 Å². The van der Waals surface area contributed by atoms with Gasteiger partial charge >= 0.3 is 6.03 Å². The van der Waals surface area contributed by atoms with Crippen LogP contribution in [0.3, 0.4) is 0 Å². The summed E-state index contributed by atoms with van der Waals surface area (Å²) < 4.78 is 25.7. The van der Waals surface area contributed by atoms with Crippen molar-refractivity contribution >= 4 is 34.9 Å². The number of piperazine rings is 1. The van der Waals surface area contributed by atoms with Gasteiger partial charge in [-0.2, -0.15) is 4.98 Å². The van der Waals surface area contributed by atoms with E-state index in [9.17, 15) is 14.0 Å². The predicted octanol–water partition coefficient (Wildman–Crippen LogP) is 3.12. The Balaban J connectivity index is 1.06. The molecule has 0 bridgehead atoms. The van der Waals surface area contributed by atoms with Crippen molar-refractivity contribution in [3.63, 3.8) is 0 Å². The number of nitrogens with one attached hydrogen (secondary N) is 2. The van der Waals surface area contributed by atoms with Gasteiger partial charge in [0.1, 0.15) is 11.6 Å². The van der Waals surface area contributed by atoms with Crippen LogP contribution in [0.2, 0.25) is 0 Å². The van der Waals surface area contributed by atoms with E-state index in [4.69, 9.17) is 9.47 Å². The lowest BCUT2D eigenvalue weighted by atomic mass is 10.1. The van der Waals surface area contributed by atoms with Crippen LogP contribution in [0.1, 0.15) is 15.9 Å². The van der Waals surface area contributed by atoms with Crippen molar-refractivity contribution in [1.82, 2.24) is 29.7 Å². The molecular formula is C30H33FN8O4. The molecule has 0 unspecified atom stereocenters. The molecule has 2 aromatic heterocycles. The van der Waals surface area contributed by atoms with E-state index in [-0.39, 0.29) is 17.8 Å². The monoisotopic (exact) mass is 588 g/mol. The Kier molecular flexibility index (Phi) is 8.22. The summed E-state index contributed by atoms with van der Waals surface area (Å²) in [6.45, 7) is 5.01. The van der Waals surface area contributed by atoms with E-state index in [0.29, 0.717) is 87.6 Å². The number of anilines is 3. The molecule has 224 valence electrons. The number of rotatable bonds is 7. The molecule has 2 aliphatic rings. The smallest absolute Gasteiger partial charge is 0.317 e. The van der Waals surface area contributed by atoms with Crippen LogP contribution in [0, 0.1) is 5.82 Å². The normalized spacial score (nSPS) is 15.4. The molecule has 0 saturated carbocycles. The average Bonchev–Trinajstić information content (AvgIpc) is 3.46. The predicted molar refractivity (Wildman–Crippen MR) is 158 cm³/mol. The van der Waals surface area contributed by atoms with Gasteiger partial charge in [0.05, 0.1) is 37.8 Å². The molecule has 4 heterocycles. The molecule has 4 aromatic rings. The molecule has 6 rings (SSSR count). The Hall–Kier alpha value is -4.91. The minimum atomic E-state index is -0.299. The summed E-state index contributed by atoms with van der Waals surface area (Å²) in [4.78, 5) is 35.9. The molecule has 0 atom stereocenters. The highest BCUT2D eigenvalue weighted by atomic mass is 19.1. The summed E-state index contributed by atoms with van der Waals surface area (Å²) in [6.07, 6.45) is 1.92. The SMILES string of the molecule is COc1cc(Nc2nc3ccc(N4CCN(C(=O)NCc5ccc(F)cc5)CC4)cn3n2)ccc1C(=O)N1CCOCC1. The molecule has 43 heavy (non-hydrogen) atoms. The van der Waals surface area contributed by atoms with Gasteiger partial charge in [-0.25, -0.2) is 13.7 Å². The number of ether oxygens (including phenoxy) is 2. The Morgan fingerprint density at radius 1 is 0.953 bits per heavy atom. The standard InChI is InChI=1S/C30H33FN8O4/c1-42-26-18-23(6-8-25(26)28(40)37-14-16-43-17-15-37)33-29-34-27-9-7-24(20-39(27)35-29)36-10-12-38(13-11-36)30(41)32-19-21-2-4-22(31)5-3-21/h2-9,18,20H,10-17,19H2,1H3,(H,32,41)(H,33,35). The van der Waals surface area contributed by atoms with Crippen molar-refractivity contribution in [3.8, 4) is 5.75 Å². The summed E-state index contributed by atoms with van der Waals surface area (Å²) in [5, 5.41) is 10.7. The van der Waals surface area contributed by atoms with Crippen molar-refractivity contribution < 1.29 is 23.5 Å². The van der Waals surface area contributed by atoms with Gasteiger partial charge in [0.2, 0.25) is 5.95 Å². The number of pyridine rings is 1.